The second-order valence-corrected chi connectivity index (χ2v) is 10.4. The molecule has 0 saturated carbocycles. The van der Waals surface area contributed by atoms with Crippen LogP contribution in [0.2, 0.25) is 0 Å². The molecule has 0 heterocycles. The average molecular weight is 461 g/mol. The highest BCUT2D eigenvalue weighted by molar-refractivity contribution is 4.61. The lowest BCUT2D eigenvalue weighted by molar-refractivity contribution is 0.225. The third-order valence-corrected chi connectivity index (χ3v) is 5.44. The second-order valence-electron chi connectivity index (χ2n) is 10.4. The summed E-state index contributed by atoms with van der Waals surface area (Å²) in [7, 11) is 25.8. The van der Waals surface area contributed by atoms with Crippen molar-refractivity contribution in [1.29, 1.82) is 0 Å². The Morgan fingerprint density at radius 1 is 0.219 bits per heavy atom. The Hall–Kier alpha value is -0.320. The molecule has 8 nitrogen and oxygen atoms in total. The zero-order chi connectivity index (χ0) is 25.1. The molecular formula is C24H60N8. The van der Waals surface area contributed by atoms with E-state index in [4.69, 9.17) is 0 Å². The summed E-state index contributed by atoms with van der Waals surface area (Å²) >= 11 is 0. The number of nitrogens with zero attached hydrogens (tertiary/aromatic N) is 8. The monoisotopic (exact) mass is 460 g/mol. The van der Waals surface area contributed by atoms with Gasteiger partial charge in [0.1, 0.15) is 0 Å². The van der Waals surface area contributed by atoms with Crippen molar-refractivity contribution in [2.24, 2.45) is 0 Å². The maximum absolute atomic E-state index is 2.40. The zero-order valence-electron chi connectivity index (χ0n) is 24.1. The fraction of sp³-hybridized carbons (Fsp3) is 1.00. The average Bonchev–Trinajstić information content (AvgIpc) is 2.70. The predicted molar refractivity (Wildman–Crippen MR) is 144 cm³/mol. The van der Waals surface area contributed by atoms with Crippen LogP contribution in [0.15, 0.2) is 0 Å². The van der Waals surface area contributed by atoms with Gasteiger partial charge in [-0.1, -0.05) is 0 Å². The molecule has 0 unspecified atom stereocenters. The Bertz CT molecular complexity index is 318. The minimum absolute atomic E-state index is 1.14. The van der Waals surface area contributed by atoms with E-state index in [0.717, 1.165) is 78.5 Å². The fourth-order valence-electron chi connectivity index (χ4n) is 2.61. The van der Waals surface area contributed by atoms with Gasteiger partial charge in [-0.15, -0.1) is 0 Å². The Labute approximate surface area is 202 Å². The van der Waals surface area contributed by atoms with Crippen LogP contribution in [-0.2, 0) is 0 Å². The van der Waals surface area contributed by atoms with Crippen molar-refractivity contribution in [3.8, 4) is 0 Å². The standard InChI is InChI=1S/2C12H30N4/c2*1-13(2)7-9-15(5)11-12-16(6)10-8-14(3)4/h2*7-12H2,1-6H3. The molecular weight excluding hydrogens is 400 g/mol. The van der Waals surface area contributed by atoms with Gasteiger partial charge in [0.15, 0.2) is 0 Å². The van der Waals surface area contributed by atoms with E-state index in [9.17, 15) is 0 Å². The summed E-state index contributed by atoms with van der Waals surface area (Å²) in [4.78, 5) is 18.5. The smallest absolute Gasteiger partial charge is 0.0107 e. The van der Waals surface area contributed by atoms with E-state index in [-0.39, 0.29) is 0 Å². The number of hydrogen-bond donors (Lipinski definition) is 0. The molecule has 0 amide bonds. The lowest BCUT2D eigenvalue weighted by Gasteiger charge is -2.24. The molecule has 8 heteroatoms. The molecule has 0 radical (unpaired) electrons. The van der Waals surface area contributed by atoms with Crippen molar-refractivity contribution >= 4 is 0 Å². The van der Waals surface area contributed by atoms with Gasteiger partial charge in [-0.25, -0.2) is 0 Å². The van der Waals surface area contributed by atoms with E-state index in [1.807, 2.05) is 0 Å². The summed E-state index contributed by atoms with van der Waals surface area (Å²) in [5.41, 5.74) is 0. The van der Waals surface area contributed by atoms with Gasteiger partial charge >= 0.3 is 0 Å². The van der Waals surface area contributed by atoms with Crippen molar-refractivity contribution in [3.63, 3.8) is 0 Å². The Morgan fingerprint density at radius 2 is 0.344 bits per heavy atom. The number of rotatable bonds is 18. The first-order chi connectivity index (χ1) is 14.8. The summed E-state index contributed by atoms with van der Waals surface area (Å²) in [5, 5.41) is 0. The molecule has 0 saturated heterocycles. The van der Waals surface area contributed by atoms with Crippen LogP contribution in [0.4, 0.5) is 0 Å². The van der Waals surface area contributed by atoms with Gasteiger partial charge in [0.2, 0.25) is 0 Å². The molecule has 196 valence electrons. The lowest BCUT2D eigenvalue weighted by atomic mass is 10.4. The second kappa shape index (κ2) is 21.2. The summed E-state index contributed by atoms with van der Waals surface area (Å²) in [6.45, 7) is 13.7. The Balaban J connectivity index is 0. The first-order valence-electron chi connectivity index (χ1n) is 12.2. The molecule has 0 spiro atoms. The first kappa shape index (κ1) is 33.9. The summed E-state index contributed by atoms with van der Waals surface area (Å²) in [6.07, 6.45) is 0. The van der Waals surface area contributed by atoms with Crippen LogP contribution in [-0.4, -0.2) is 202 Å². The quantitative estimate of drug-likeness (QED) is 0.281. The van der Waals surface area contributed by atoms with Gasteiger partial charge in [0.25, 0.3) is 0 Å². The highest BCUT2D eigenvalue weighted by Gasteiger charge is 2.04. The number of likely N-dealkylation sites (N-methyl/N-ethyl adjacent to an activating group) is 8. The summed E-state index contributed by atoms with van der Waals surface area (Å²) < 4.78 is 0. The highest BCUT2D eigenvalue weighted by atomic mass is 15.2. The molecule has 0 fully saturated rings. The molecule has 0 aliphatic rings. The molecule has 0 aliphatic carbocycles. The molecule has 0 bridgehead atoms. The fourth-order valence-corrected chi connectivity index (χ4v) is 2.61. The molecule has 0 N–H and O–H groups in total. The topological polar surface area (TPSA) is 25.9 Å². The maximum Gasteiger partial charge on any atom is 0.0107 e. The van der Waals surface area contributed by atoms with E-state index in [1.54, 1.807) is 0 Å². The van der Waals surface area contributed by atoms with Crippen LogP contribution in [0.25, 0.3) is 0 Å². The molecule has 32 heavy (non-hydrogen) atoms. The lowest BCUT2D eigenvalue weighted by Crippen LogP contribution is -2.37. The SMILES string of the molecule is CN(C)CCN(C)CCN(C)CCN(C)C.CN(C)CCN(C)CCN(C)CCN(C)C. The normalized spacial score (nSPS) is 12.4. The van der Waals surface area contributed by atoms with Gasteiger partial charge < -0.3 is 39.2 Å². The van der Waals surface area contributed by atoms with Crippen molar-refractivity contribution in [2.45, 2.75) is 0 Å². The number of hydrogen-bond acceptors (Lipinski definition) is 8. The van der Waals surface area contributed by atoms with E-state index >= 15 is 0 Å². The van der Waals surface area contributed by atoms with E-state index in [0.29, 0.717) is 0 Å². The zero-order valence-corrected chi connectivity index (χ0v) is 24.1. The van der Waals surface area contributed by atoms with Gasteiger partial charge in [-0.3, -0.25) is 0 Å². The van der Waals surface area contributed by atoms with Crippen molar-refractivity contribution in [2.75, 3.05) is 163 Å². The third-order valence-electron chi connectivity index (χ3n) is 5.44. The van der Waals surface area contributed by atoms with E-state index < -0.39 is 0 Å². The Morgan fingerprint density at radius 3 is 0.469 bits per heavy atom. The highest BCUT2D eigenvalue weighted by Crippen LogP contribution is 1.90. The summed E-state index contributed by atoms with van der Waals surface area (Å²) in [6, 6.07) is 0. The van der Waals surface area contributed by atoms with Gasteiger partial charge in [0, 0.05) is 78.5 Å². The molecule has 0 rings (SSSR count). The minimum Gasteiger partial charge on any atom is -0.308 e. The van der Waals surface area contributed by atoms with E-state index in [2.05, 4.69) is 124 Å². The van der Waals surface area contributed by atoms with Gasteiger partial charge in [0.05, 0.1) is 0 Å². The van der Waals surface area contributed by atoms with E-state index in [1.165, 1.54) is 0 Å². The Kier molecular flexibility index (Phi) is 22.5. The van der Waals surface area contributed by atoms with Crippen LogP contribution in [0.5, 0.6) is 0 Å². The largest absolute Gasteiger partial charge is 0.308 e. The molecule has 0 aromatic heterocycles. The van der Waals surface area contributed by atoms with Crippen molar-refractivity contribution in [1.82, 2.24) is 39.2 Å². The molecule has 0 aliphatic heterocycles. The maximum atomic E-state index is 2.40. The van der Waals surface area contributed by atoms with Crippen LogP contribution >= 0.6 is 0 Å². The van der Waals surface area contributed by atoms with Gasteiger partial charge in [-0.2, -0.15) is 0 Å². The molecule has 0 aromatic rings. The van der Waals surface area contributed by atoms with Crippen LogP contribution in [0.3, 0.4) is 0 Å². The van der Waals surface area contributed by atoms with Crippen LogP contribution in [0, 0.1) is 0 Å². The van der Waals surface area contributed by atoms with Crippen LogP contribution in [0.1, 0.15) is 0 Å². The minimum atomic E-state index is 1.14. The summed E-state index contributed by atoms with van der Waals surface area (Å²) in [5.74, 6) is 0. The van der Waals surface area contributed by atoms with Crippen LogP contribution < -0.4 is 0 Å². The third kappa shape index (κ3) is 27.7. The molecule has 0 aromatic carbocycles. The predicted octanol–water partition coefficient (Wildman–Crippen LogP) is -0.0536. The van der Waals surface area contributed by atoms with Crippen molar-refractivity contribution in [3.05, 3.63) is 0 Å². The molecule has 0 atom stereocenters. The first-order valence-corrected chi connectivity index (χ1v) is 12.2. The van der Waals surface area contributed by atoms with Gasteiger partial charge in [-0.05, 0) is 84.6 Å². The van der Waals surface area contributed by atoms with Crippen molar-refractivity contribution < 1.29 is 0 Å².